The molecule has 1 aromatic carbocycles. The number of likely N-dealkylation sites (tertiary alicyclic amines) is 1. The monoisotopic (exact) mass is 321 g/mol. The number of nitrogens with one attached hydrogen (secondary N) is 1. The van der Waals surface area contributed by atoms with Gasteiger partial charge in [0.15, 0.2) is 11.5 Å². The predicted molar refractivity (Wildman–Crippen MR) is 96.2 cm³/mol. The fraction of sp³-hybridized carbons (Fsp3) is 0.368. The molecule has 0 atom stereocenters. The molecule has 3 aromatic rings. The summed E-state index contributed by atoms with van der Waals surface area (Å²) in [5.41, 5.74) is 3.25. The Morgan fingerprint density at radius 2 is 1.88 bits per heavy atom. The zero-order chi connectivity index (χ0) is 16.4. The van der Waals surface area contributed by atoms with E-state index in [-0.39, 0.29) is 0 Å². The summed E-state index contributed by atoms with van der Waals surface area (Å²) in [7, 11) is 2.18. The molecule has 0 aliphatic carbocycles. The smallest absolute Gasteiger partial charge is 0.155 e. The van der Waals surface area contributed by atoms with E-state index in [1.54, 1.807) is 0 Å². The number of piperidine rings is 1. The molecule has 5 heteroatoms. The van der Waals surface area contributed by atoms with Gasteiger partial charge in [-0.05, 0) is 50.7 Å². The van der Waals surface area contributed by atoms with E-state index < -0.39 is 0 Å². The second-order valence-electron chi connectivity index (χ2n) is 6.61. The van der Waals surface area contributed by atoms with Crippen LogP contribution >= 0.6 is 0 Å². The number of anilines is 1. The lowest BCUT2D eigenvalue weighted by molar-refractivity contribution is 0.251. The van der Waals surface area contributed by atoms with Crippen LogP contribution in [0, 0.1) is 0 Å². The quantitative estimate of drug-likeness (QED) is 0.802. The van der Waals surface area contributed by atoms with Crippen molar-refractivity contribution in [1.29, 1.82) is 0 Å². The molecule has 0 bridgehead atoms. The first kappa shape index (κ1) is 15.1. The Bertz CT molecular complexity index is 803. The fourth-order valence-electron chi connectivity index (χ4n) is 3.24. The van der Waals surface area contributed by atoms with Gasteiger partial charge in [-0.15, -0.1) is 0 Å². The number of pyridine rings is 1. The third-order valence-corrected chi connectivity index (χ3v) is 4.77. The van der Waals surface area contributed by atoms with Crippen molar-refractivity contribution in [3.8, 4) is 0 Å². The first-order valence-electron chi connectivity index (χ1n) is 8.60. The lowest BCUT2D eigenvalue weighted by atomic mass is 9.97. The highest BCUT2D eigenvalue weighted by Crippen LogP contribution is 2.25. The maximum atomic E-state index is 4.73. The SMILES string of the molecule is CN1CCC(c2nc3ccc(NCc4ccccc4)cn3n2)CC1. The van der Waals surface area contributed by atoms with Crippen molar-refractivity contribution in [2.45, 2.75) is 25.3 Å². The van der Waals surface area contributed by atoms with Crippen LogP contribution in [0.3, 0.4) is 0 Å². The van der Waals surface area contributed by atoms with Gasteiger partial charge in [0, 0.05) is 12.5 Å². The van der Waals surface area contributed by atoms with Crippen LogP contribution in [0.25, 0.3) is 5.65 Å². The molecule has 0 unspecified atom stereocenters. The van der Waals surface area contributed by atoms with Crippen LogP contribution in [0.2, 0.25) is 0 Å². The molecule has 0 amide bonds. The normalized spacial score (nSPS) is 16.5. The van der Waals surface area contributed by atoms with Crippen LogP contribution in [0.4, 0.5) is 5.69 Å². The topological polar surface area (TPSA) is 45.5 Å². The Labute approximate surface area is 142 Å². The maximum absolute atomic E-state index is 4.73. The number of rotatable bonds is 4. The molecule has 5 nitrogen and oxygen atoms in total. The van der Waals surface area contributed by atoms with E-state index in [1.807, 2.05) is 22.8 Å². The molecular formula is C19H23N5. The molecule has 1 aliphatic rings. The van der Waals surface area contributed by atoms with Gasteiger partial charge in [0.05, 0.1) is 11.9 Å². The second kappa shape index (κ2) is 6.61. The first-order chi connectivity index (χ1) is 11.8. The van der Waals surface area contributed by atoms with E-state index in [9.17, 15) is 0 Å². The van der Waals surface area contributed by atoms with Crippen molar-refractivity contribution in [3.05, 3.63) is 60.0 Å². The van der Waals surface area contributed by atoms with E-state index in [0.717, 1.165) is 49.6 Å². The number of nitrogens with zero attached hydrogens (tertiary/aromatic N) is 4. The van der Waals surface area contributed by atoms with Crippen molar-refractivity contribution < 1.29 is 0 Å². The summed E-state index contributed by atoms with van der Waals surface area (Å²) in [6.45, 7) is 3.07. The minimum Gasteiger partial charge on any atom is -0.380 e. The van der Waals surface area contributed by atoms with E-state index in [0.29, 0.717) is 5.92 Å². The molecule has 4 rings (SSSR count). The van der Waals surface area contributed by atoms with E-state index in [2.05, 4.69) is 47.6 Å². The second-order valence-corrected chi connectivity index (χ2v) is 6.61. The van der Waals surface area contributed by atoms with Crippen LogP contribution in [-0.2, 0) is 6.54 Å². The molecule has 1 N–H and O–H groups in total. The van der Waals surface area contributed by atoms with Crippen molar-refractivity contribution >= 4 is 11.3 Å². The minimum atomic E-state index is 0.488. The van der Waals surface area contributed by atoms with Crippen LogP contribution in [0.15, 0.2) is 48.7 Å². The molecule has 1 saturated heterocycles. The highest BCUT2D eigenvalue weighted by Gasteiger charge is 2.22. The molecule has 2 aromatic heterocycles. The molecule has 3 heterocycles. The van der Waals surface area contributed by atoms with Gasteiger partial charge in [-0.2, -0.15) is 5.10 Å². The van der Waals surface area contributed by atoms with Gasteiger partial charge >= 0.3 is 0 Å². The number of benzene rings is 1. The van der Waals surface area contributed by atoms with Gasteiger partial charge in [-0.3, -0.25) is 0 Å². The summed E-state index contributed by atoms with van der Waals surface area (Å²) in [6.07, 6.45) is 4.32. The Morgan fingerprint density at radius 3 is 2.67 bits per heavy atom. The summed E-state index contributed by atoms with van der Waals surface area (Å²) >= 11 is 0. The van der Waals surface area contributed by atoms with Crippen LogP contribution in [0.1, 0.15) is 30.1 Å². The fourth-order valence-corrected chi connectivity index (χ4v) is 3.24. The summed E-state index contributed by atoms with van der Waals surface area (Å²) in [4.78, 5) is 7.10. The summed E-state index contributed by atoms with van der Waals surface area (Å²) in [5.74, 6) is 1.48. The standard InChI is InChI=1S/C19H23N5/c1-23-11-9-16(10-12-23)19-21-18-8-7-17(14-24(18)22-19)20-13-15-5-3-2-4-6-15/h2-8,14,16,20H,9-13H2,1H3. The highest BCUT2D eigenvalue weighted by molar-refractivity contribution is 5.49. The molecule has 24 heavy (non-hydrogen) atoms. The summed E-state index contributed by atoms with van der Waals surface area (Å²) < 4.78 is 1.90. The van der Waals surface area contributed by atoms with Gasteiger partial charge in [-0.1, -0.05) is 30.3 Å². The summed E-state index contributed by atoms with van der Waals surface area (Å²) in [5, 5.41) is 8.18. The zero-order valence-electron chi connectivity index (χ0n) is 14.0. The maximum Gasteiger partial charge on any atom is 0.155 e. The van der Waals surface area contributed by atoms with Crippen molar-refractivity contribution in [1.82, 2.24) is 19.5 Å². The van der Waals surface area contributed by atoms with Crippen LogP contribution < -0.4 is 5.32 Å². The van der Waals surface area contributed by atoms with E-state index in [4.69, 9.17) is 10.1 Å². The molecule has 1 aliphatic heterocycles. The number of fused-ring (bicyclic) bond motifs is 1. The predicted octanol–water partition coefficient (Wildman–Crippen LogP) is 3.15. The Balaban J connectivity index is 1.49. The Kier molecular flexibility index (Phi) is 4.17. The highest BCUT2D eigenvalue weighted by atomic mass is 15.3. The van der Waals surface area contributed by atoms with E-state index >= 15 is 0 Å². The van der Waals surface area contributed by atoms with Gasteiger partial charge < -0.3 is 10.2 Å². The largest absolute Gasteiger partial charge is 0.380 e. The molecule has 0 spiro atoms. The van der Waals surface area contributed by atoms with E-state index in [1.165, 1.54) is 5.56 Å². The third-order valence-electron chi connectivity index (χ3n) is 4.77. The minimum absolute atomic E-state index is 0.488. The molecule has 124 valence electrons. The molecule has 0 saturated carbocycles. The van der Waals surface area contributed by atoms with Gasteiger partial charge in [0.1, 0.15) is 0 Å². The average Bonchev–Trinajstić information content (AvgIpc) is 3.05. The summed E-state index contributed by atoms with van der Waals surface area (Å²) in [6, 6.07) is 14.5. The lowest BCUT2D eigenvalue weighted by Crippen LogP contribution is -2.29. The van der Waals surface area contributed by atoms with Gasteiger partial charge in [0.2, 0.25) is 0 Å². The van der Waals surface area contributed by atoms with Crippen LogP contribution in [0.5, 0.6) is 0 Å². The van der Waals surface area contributed by atoms with Crippen molar-refractivity contribution in [2.24, 2.45) is 0 Å². The Hall–Kier alpha value is -2.40. The lowest BCUT2D eigenvalue weighted by Gasteiger charge is -2.26. The molecule has 1 fully saturated rings. The first-order valence-corrected chi connectivity index (χ1v) is 8.60. The third kappa shape index (κ3) is 3.26. The number of hydrogen-bond acceptors (Lipinski definition) is 4. The molecular weight excluding hydrogens is 298 g/mol. The van der Waals surface area contributed by atoms with Crippen LogP contribution in [-0.4, -0.2) is 39.6 Å². The number of aromatic nitrogens is 3. The van der Waals surface area contributed by atoms with Gasteiger partial charge in [0.25, 0.3) is 0 Å². The van der Waals surface area contributed by atoms with Gasteiger partial charge in [-0.25, -0.2) is 9.50 Å². The Morgan fingerprint density at radius 1 is 1.08 bits per heavy atom. The molecule has 0 radical (unpaired) electrons. The average molecular weight is 321 g/mol. The van der Waals surface area contributed by atoms with Crippen molar-refractivity contribution in [3.63, 3.8) is 0 Å². The zero-order valence-corrected chi connectivity index (χ0v) is 14.0. The van der Waals surface area contributed by atoms with Crippen molar-refractivity contribution in [2.75, 3.05) is 25.5 Å². The number of hydrogen-bond donors (Lipinski definition) is 1.